The molecule has 2 aromatic rings. The molecule has 200 valence electrons. The van der Waals surface area contributed by atoms with Crippen LogP contribution in [0, 0.1) is 5.92 Å². The number of hydrogen-bond donors (Lipinski definition) is 2. The minimum atomic E-state index is -2.90. The zero-order valence-electron chi connectivity index (χ0n) is 21.1. The van der Waals surface area contributed by atoms with E-state index in [2.05, 4.69) is 10.6 Å². The van der Waals surface area contributed by atoms with Gasteiger partial charge in [-0.15, -0.1) is 0 Å². The van der Waals surface area contributed by atoms with Crippen molar-refractivity contribution < 1.29 is 27.8 Å². The third-order valence-electron chi connectivity index (χ3n) is 7.13. The second-order valence-corrected chi connectivity index (χ2v) is 10.6. The molecule has 10 heteroatoms. The van der Waals surface area contributed by atoms with Crippen LogP contribution in [0.3, 0.4) is 0 Å². The number of aromatic nitrogens is 2. The quantitative estimate of drug-likeness (QED) is 0.477. The van der Waals surface area contributed by atoms with Gasteiger partial charge in [0.2, 0.25) is 0 Å². The molecule has 2 N–H and O–H groups in total. The fourth-order valence-electron chi connectivity index (χ4n) is 4.96. The Morgan fingerprint density at radius 1 is 1.30 bits per heavy atom. The Morgan fingerprint density at radius 2 is 2.14 bits per heavy atom. The second-order valence-electron chi connectivity index (χ2n) is 10.6. The third kappa shape index (κ3) is 6.66. The van der Waals surface area contributed by atoms with E-state index in [-0.39, 0.29) is 23.9 Å². The average molecular weight is 517 g/mol. The summed E-state index contributed by atoms with van der Waals surface area (Å²) in [6.45, 7) is 1.86. The van der Waals surface area contributed by atoms with Crippen LogP contribution < -0.4 is 15.4 Å². The van der Waals surface area contributed by atoms with Crippen LogP contribution in [-0.2, 0) is 24.1 Å². The first kappa shape index (κ1) is 25.6. The van der Waals surface area contributed by atoms with Crippen molar-refractivity contribution in [2.24, 2.45) is 5.92 Å². The topological polar surface area (TPSA) is 94.5 Å². The molecule has 2 fully saturated rings. The molecule has 2 atom stereocenters. The normalized spacial score (nSPS) is 21.4. The summed E-state index contributed by atoms with van der Waals surface area (Å²) in [7, 11) is 0. The van der Waals surface area contributed by atoms with E-state index < -0.39 is 12.5 Å². The molecular weight excluding hydrogens is 482 g/mol. The number of carbonyl (C=O) groups is 2. The van der Waals surface area contributed by atoms with Crippen LogP contribution in [0.2, 0.25) is 0 Å². The lowest BCUT2D eigenvalue weighted by molar-refractivity contribution is -0.0229. The summed E-state index contributed by atoms with van der Waals surface area (Å²) in [5, 5.41) is 10.8. The van der Waals surface area contributed by atoms with Crippen molar-refractivity contribution in [3.05, 3.63) is 46.8 Å². The monoisotopic (exact) mass is 516 g/mol. The van der Waals surface area contributed by atoms with Gasteiger partial charge in [0.15, 0.2) is 6.61 Å². The summed E-state index contributed by atoms with van der Waals surface area (Å²) in [6.07, 6.45) is 5.93. The zero-order valence-corrected chi connectivity index (χ0v) is 21.1. The standard InChI is InChI=1S/C27H34F2N4O4/c1-27(28,29)16-37-21-4-2-3-18(13-21)7-8-19-14-22-23(25(34)30-19)24(26(35)31-20-10-12-36-15-20)33(32-22)11-9-17-5-6-17/h2-4,13,17,19-20H,5-12,14-16H2,1H3,(H,30,34)(H,31,35)/t19-,20?/m0/s1. The van der Waals surface area contributed by atoms with Gasteiger partial charge in [0, 0.05) is 32.5 Å². The highest BCUT2D eigenvalue weighted by molar-refractivity contribution is 6.07. The minimum absolute atomic E-state index is 0.0578. The van der Waals surface area contributed by atoms with E-state index >= 15 is 0 Å². The second kappa shape index (κ2) is 10.8. The molecule has 2 aliphatic heterocycles. The van der Waals surface area contributed by atoms with Crippen molar-refractivity contribution >= 4 is 11.8 Å². The predicted octanol–water partition coefficient (Wildman–Crippen LogP) is 3.52. The Hall–Kier alpha value is -3.01. The smallest absolute Gasteiger partial charge is 0.278 e. The molecule has 3 aliphatic rings. The Balaban J connectivity index is 1.27. The first-order valence-corrected chi connectivity index (χ1v) is 13.1. The summed E-state index contributed by atoms with van der Waals surface area (Å²) in [4.78, 5) is 26.4. The van der Waals surface area contributed by atoms with Gasteiger partial charge in [-0.1, -0.05) is 25.0 Å². The Morgan fingerprint density at radius 3 is 2.86 bits per heavy atom. The molecule has 0 spiro atoms. The lowest BCUT2D eigenvalue weighted by Gasteiger charge is -2.23. The fourth-order valence-corrected chi connectivity index (χ4v) is 4.96. The third-order valence-corrected chi connectivity index (χ3v) is 7.13. The van der Waals surface area contributed by atoms with Gasteiger partial charge >= 0.3 is 0 Å². The van der Waals surface area contributed by atoms with Crippen LogP contribution in [0.4, 0.5) is 8.78 Å². The van der Waals surface area contributed by atoms with Crippen molar-refractivity contribution in [3.8, 4) is 5.75 Å². The number of carbonyl (C=O) groups excluding carboxylic acids is 2. The van der Waals surface area contributed by atoms with Crippen molar-refractivity contribution in [3.63, 3.8) is 0 Å². The van der Waals surface area contributed by atoms with E-state index in [9.17, 15) is 18.4 Å². The van der Waals surface area contributed by atoms with Crippen LogP contribution in [0.25, 0.3) is 0 Å². The molecule has 1 unspecified atom stereocenters. The molecule has 0 bridgehead atoms. The molecule has 1 aromatic carbocycles. The Bertz CT molecular complexity index is 1140. The maximum absolute atomic E-state index is 13.2. The molecule has 0 radical (unpaired) electrons. The Labute approximate surface area is 215 Å². The molecule has 8 nitrogen and oxygen atoms in total. The lowest BCUT2D eigenvalue weighted by atomic mass is 9.95. The molecule has 1 saturated carbocycles. The molecule has 1 aromatic heterocycles. The summed E-state index contributed by atoms with van der Waals surface area (Å²) >= 11 is 0. The number of ether oxygens (including phenoxy) is 2. The van der Waals surface area contributed by atoms with Gasteiger partial charge in [-0.2, -0.15) is 5.10 Å². The summed E-state index contributed by atoms with van der Waals surface area (Å²) < 4.78 is 38.6. The number of benzene rings is 1. The largest absolute Gasteiger partial charge is 0.487 e. The van der Waals surface area contributed by atoms with Crippen LogP contribution in [0.15, 0.2) is 24.3 Å². The van der Waals surface area contributed by atoms with Crippen LogP contribution >= 0.6 is 0 Å². The van der Waals surface area contributed by atoms with E-state index in [1.54, 1.807) is 22.9 Å². The number of halogens is 2. The number of hydrogen-bond acceptors (Lipinski definition) is 5. The number of alkyl halides is 2. The molecule has 2 amide bonds. The van der Waals surface area contributed by atoms with E-state index in [0.29, 0.717) is 67.6 Å². The number of amides is 2. The van der Waals surface area contributed by atoms with E-state index in [1.165, 1.54) is 12.8 Å². The summed E-state index contributed by atoms with van der Waals surface area (Å²) in [5.41, 5.74) is 2.31. The molecule has 37 heavy (non-hydrogen) atoms. The van der Waals surface area contributed by atoms with Gasteiger partial charge in [-0.05, 0) is 49.3 Å². The molecule has 1 saturated heterocycles. The Kier molecular flexibility index (Phi) is 7.46. The van der Waals surface area contributed by atoms with Crippen molar-refractivity contribution in [2.45, 2.75) is 76.4 Å². The molecule has 3 heterocycles. The maximum Gasteiger partial charge on any atom is 0.278 e. The lowest BCUT2D eigenvalue weighted by Crippen LogP contribution is -2.43. The van der Waals surface area contributed by atoms with Gasteiger partial charge in [-0.25, -0.2) is 8.78 Å². The number of aryl methyl sites for hydroxylation is 2. The van der Waals surface area contributed by atoms with Gasteiger partial charge in [0.1, 0.15) is 11.4 Å². The maximum atomic E-state index is 13.2. The molecule has 1 aliphatic carbocycles. The van der Waals surface area contributed by atoms with Crippen molar-refractivity contribution in [1.29, 1.82) is 0 Å². The van der Waals surface area contributed by atoms with Gasteiger partial charge in [0.05, 0.1) is 23.9 Å². The predicted molar refractivity (Wildman–Crippen MR) is 132 cm³/mol. The number of rotatable bonds is 11. The van der Waals surface area contributed by atoms with Gasteiger partial charge in [-0.3, -0.25) is 14.3 Å². The van der Waals surface area contributed by atoms with Gasteiger partial charge in [0.25, 0.3) is 17.7 Å². The van der Waals surface area contributed by atoms with Crippen molar-refractivity contribution in [2.75, 3.05) is 19.8 Å². The first-order valence-electron chi connectivity index (χ1n) is 13.1. The first-order chi connectivity index (χ1) is 17.7. The van der Waals surface area contributed by atoms with Crippen molar-refractivity contribution in [1.82, 2.24) is 20.4 Å². The molecular formula is C27H34F2N4O4. The van der Waals surface area contributed by atoms with Gasteiger partial charge < -0.3 is 20.1 Å². The van der Waals surface area contributed by atoms with E-state index in [1.807, 2.05) is 6.07 Å². The van der Waals surface area contributed by atoms with E-state index in [4.69, 9.17) is 14.6 Å². The summed E-state index contributed by atoms with van der Waals surface area (Å²) in [6, 6.07) is 6.90. The highest BCUT2D eigenvalue weighted by atomic mass is 19.3. The summed E-state index contributed by atoms with van der Waals surface area (Å²) in [5.74, 6) is -2.39. The van der Waals surface area contributed by atoms with E-state index in [0.717, 1.165) is 25.3 Å². The van der Waals surface area contributed by atoms with Crippen LogP contribution in [0.1, 0.15) is 71.1 Å². The molecule has 5 rings (SSSR count). The number of nitrogens with zero attached hydrogens (tertiary/aromatic N) is 2. The average Bonchev–Trinajstić information content (AvgIpc) is 3.39. The SMILES string of the molecule is CC(F)(F)COc1cccc(CC[C@H]2Cc3nn(CCC4CC4)c(C(=O)NC4CCOC4)c3C(=O)N2)c1. The highest BCUT2D eigenvalue weighted by Gasteiger charge is 2.35. The highest BCUT2D eigenvalue weighted by Crippen LogP contribution is 2.33. The van der Waals surface area contributed by atoms with Crippen LogP contribution in [0.5, 0.6) is 5.75 Å². The minimum Gasteiger partial charge on any atom is -0.487 e. The number of nitrogens with one attached hydrogen (secondary N) is 2. The van der Waals surface area contributed by atoms with Crippen LogP contribution in [-0.4, -0.2) is 59.4 Å². The zero-order chi connectivity index (χ0) is 26.0. The number of fused-ring (bicyclic) bond motifs is 1. The fraction of sp³-hybridized carbons (Fsp3) is 0.593.